The van der Waals surface area contributed by atoms with Gasteiger partial charge in [0, 0.05) is 12.5 Å². The van der Waals surface area contributed by atoms with Gasteiger partial charge in [-0.1, -0.05) is 12.1 Å². The van der Waals surface area contributed by atoms with Crippen LogP contribution in [-0.4, -0.2) is 41.2 Å². The zero-order valence-corrected chi connectivity index (χ0v) is 9.84. The summed E-state index contributed by atoms with van der Waals surface area (Å²) in [6, 6.07) is 6.48. The van der Waals surface area contributed by atoms with Crippen molar-refractivity contribution in [1.29, 1.82) is 0 Å². The summed E-state index contributed by atoms with van der Waals surface area (Å²) in [5.74, 6) is -0.692. The lowest BCUT2D eigenvalue weighted by Crippen LogP contribution is -2.18. The maximum Gasteiger partial charge on any atom is 0.335 e. The molecule has 2 unspecified atom stereocenters. The predicted molar refractivity (Wildman–Crippen MR) is 64.0 cm³/mol. The molecule has 1 aromatic rings. The molecule has 0 saturated carbocycles. The molecule has 0 aliphatic carbocycles. The molecular formula is C13H17NO3. The third kappa shape index (κ3) is 2.65. The Balaban J connectivity index is 2.09. The highest BCUT2D eigenvalue weighted by Crippen LogP contribution is 2.29. The molecule has 1 heterocycles. The second kappa shape index (κ2) is 4.85. The number of carbonyl (C=O) groups is 1. The van der Waals surface area contributed by atoms with Gasteiger partial charge in [-0.2, -0.15) is 0 Å². The number of likely N-dealkylation sites (tertiary alicyclic amines) is 1. The zero-order valence-electron chi connectivity index (χ0n) is 9.84. The van der Waals surface area contributed by atoms with E-state index in [0.717, 1.165) is 25.1 Å². The van der Waals surface area contributed by atoms with Crippen LogP contribution in [0.15, 0.2) is 24.3 Å². The summed E-state index contributed by atoms with van der Waals surface area (Å²) in [7, 11) is 2.04. The Morgan fingerprint density at radius 1 is 1.41 bits per heavy atom. The first-order chi connectivity index (χ1) is 8.08. The molecule has 4 nitrogen and oxygen atoms in total. The van der Waals surface area contributed by atoms with Crippen LogP contribution in [0, 0.1) is 5.92 Å². The lowest BCUT2D eigenvalue weighted by molar-refractivity contribution is 0.0696. The second-order valence-electron chi connectivity index (χ2n) is 4.68. The van der Waals surface area contributed by atoms with E-state index in [1.54, 1.807) is 24.3 Å². The topological polar surface area (TPSA) is 60.8 Å². The van der Waals surface area contributed by atoms with Crippen LogP contribution < -0.4 is 0 Å². The Hall–Kier alpha value is -1.39. The summed E-state index contributed by atoms with van der Waals surface area (Å²) in [6.07, 6.45) is 0.487. The molecule has 1 aliphatic heterocycles. The minimum atomic E-state index is -0.938. The number of nitrogens with zero attached hydrogens (tertiary/aromatic N) is 1. The fraction of sp³-hybridized carbons (Fsp3) is 0.462. The molecule has 92 valence electrons. The molecular weight excluding hydrogens is 218 g/mol. The number of aliphatic hydroxyl groups is 1. The summed E-state index contributed by atoms with van der Waals surface area (Å²) in [6.45, 7) is 1.90. The van der Waals surface area contributed by atoms with E-state index in [1.807, 2.05) is 7.05 Å². The number of benzene rings is 1. The van der Waals surface area contributed by atoms with Gasteiger partial charge in [0.15, 0.2) is 0 Å². The van der Waals surface area contributed by atoms with Crippen LogP contribution >= 0.6 is 0 Å². The van der Waals surface area contributed by atoms with Crippen molar-refractivity contribution in [2.24, 2.45) is 5.92 Å². The molecule has 0 radical (unpaired) electrons. The van der Waals surface area contributed by atoms with Crippen LogP contribution in [0.4, 0.5) is 0 Å². The molecule has 0 aromatic heterocycles. The molecule has 0 amide bonds. The van der Waals surface area contributed by atoms with E-state index in [4.69, 9.17) is 5.11 Å². The second-order valence-corrected chi connectivity index (χ2v) is 4.68. The van der Waals surface area contributed by atoms with Crippen LogP contribution in [0.25, 0.3) is 0 Å². The molecule has 2 N–H and O–H groups in total. The molecule has 4 heteroatoms. The Morgan fingerprint density at radius 2 is 2.06 bits per heavy atom. The number of hydrogen-bond acceptors (Lipinski definition) is 3. The normalized spacial score (nSPS) is 22.6. The van der Waals surface area contributed by atoms with E-state index < -0.39 is 12.1 Å². The van der Waals surface area contributed by atoms with E-state index in [-0.39, 0.29) is 11.5 Å². The van der Waals surface area contributed by atoms with E-state index in [2.05, 4.69) is 4.90 Å². The molecule has 0 spiro atoms. The number of hydrogen-bond donors (Lipinski definition) is 2. The van der Waals surface area contributed by atoms with Crippen molar-refractivity contribution in [1.82, 2.24) is 4.90 Å². The van der Waals surface area contributed by atoms with Crippen LogP contribution in [0.1, 0.15) is 28.4 Å². The first-order valence-electron chi connectivity index (χ1n) is 5.78. The van der Waals surface area contributed by atoms with Crippen molar-refractivity contribution in [3.8, 4) is 0 Å². The van der Waals surface area contributed by atoms with Crippen molar-refractivity contribution in [3.63, 3.8) is 0 Å². The van der Waals surface area contributed by atoms with Gasteiger partial charge in [0.1, 0.15) is 0 Å². The van der Waals surface area contributed by atoms with Gasteiger partial charge >= 0.3 is 5.97 Å². The Kier molecular flexibility index (Phi) is 3.45. The van der Waals surface area contributed by atoms with Crippen molar-refractivity contribution < 1.29 is 15.0 Å². The SMILES string of the molecule is CN1CCC(C(O)c2ccc(C(=O)O)cc2)C1. The quantitative estimate of drug-likeness (QED) is 0.830. The van der Waals surface area contributed by atoms with Gasteiger partial charge in [0.25, 0.3) is 0 Å². The van der Waals surface area contributed by atoms with Gasteiger partial charge in [0.05, 0.1) is 11.7 Å². The molecule has 1 saturated heterocycles. The highest BCUT2D eigenvalue weighted by molar-refractivity contribution is 5.87. The summed E-state index contributed by atoms with van der Waals surface area (Å²) >= 11 is 0. The van der Waals surface area contributed by atoms with E-state index in [1.165, 1.54) is 0 Å². The average molecular weight is 235 g/mol. The number of carboxylic acids is 1. The zero-order chi connectivity index (χ0) is 12.4. The first kappa shape index (κ1) is 12.1. The standard InChI is InChI=1S/C13H17NO3/c1-14-7-6-11(8-14)12(15)9-2-4-10(5-3-9)13(16)17/h2-5,11-12,15H,6-8H2,1H3,(H,16,17). The summed E-state index contributed by atoms with van der Waals surface area (Å²) in [5, 5.41) is 19.0. The summed E-state index contributed by atoms with van der Waals surface area (Å²) < 4.78 is 0. The molecule has 2 rings (SSSR count). The Bertz CT molecular complexity index is 402. The van der Waals surface area contributed by atoms with E-state index >= 15 is 0 Å². The minimum Gasteiger partial charge on any atom is -0.478 e. The lowest BCUT2D eigenvalue weighted by atomic mass is 9.94. The van der Waals surface area contributed by atoms with Crippen molar-refractivity contribution >= 4 is 5.97 Å². The highest BCUT2D eigenvalue weighted by Gasteiger charge is 2.27. The lowest BCUT2D eigenvalue weighted by Gasteiger charge is -2.18. The van der Waals surface area contributed by atoms with Crippen LogP contribution in [0.3, 0.4) is 0 Å². The van der Waals surface area contributed by atoms with E-state index in [9.17, 15) is 9.90 Å². The van der Waals surface area contributed by atoms with Crippen LogP contribution in [-0.2, 0) is 0 Å². The minimum absolute atomic E-state index is 0.246. The molecule has 1 aromatic carbocycles. The number of carboxylic acid groups (broad SMARTS) is 1. The monoisotopic (exact) mass is 235 g/mol. The number of aromatic carboxylic acids is 1. The third-order valence-corrected chi connectivity index (χ3v) is 3.37. The highest BCUT2D eigenvalue weighted by atomic mass is 16.4. The molecule has 0 bridgehead atoms. The fourth-order valence-corrected chi connectivity index (χ4v) is 2.32. The summed E-state index contributed by atoms with van der Waals surface area (Å²) in [5.41, 5.74) is 1.06. The van der Waals surface area contributed by atoms with Crippen molar-refractivity contribution in [3.05, 3.63) is 35.4 Å². The van der Waals surface area contributed by atoms with Crippen LogP contribution in [0.5, 0.6) is 0 Å². The maximum atomic E-state index is 10.7. The fourth-order valence-electron chi connectivity index (χ4n) is 2.32. The Labute approximate surface area is 100 Å². The Morgan fingerprint density at radius 3 is 2.53 bits per heavy atom. The van der Waals surface area contributed by atoms with Gasteiger partial charge < -0.3 is 15.1 Å². The van der Waals surface area contributed by atoms with Gasteiger partial charge in [-0.15, -0.1) is 0 Å². The number of rotatable bonds is 3. The smallest absolute Gasteiger partial charge is 0.335 e. The van der Waals surface area contributed by atoms with Gasteiger partial charge in [-0.05, 0) is 37.7 Å². The third-order valence-electron chi connectivity index (χ3n) is 3.37. The molecule has 17 heavy (non-hydrogen) atoms. The van der Waals surface area contributed by atoms with Gasteiger partial charge in [-0.3, -0.25) is 0 Å². The van der Waals surface area contributed by atoms with Crippen LogP contribution in [0.2, 0.25) is 0 Å². The first-order valence-corrected chi connectivity index (χ1v) is 5.78. The van der Waals surface area contributed by atoms with Gasteiger partial charge in [0.2, 0.25) is 0 Å². The van der Waals surface area contributed by atoms with E-state index in [0.29, 0.717) is 0 Å². The average Bonchev–Trinajstić information content (AvgIpc) is 2.75. The molecule has 1 fully saturated rings. The van der Waals surface area contributed by atoms with Crippen molar-refractivity contribution in [2.45, 2.75) is 12.5 Å². The largest absolute Gasteiger partial charge is 0.478 e. The predicted octanol–water partition coefficient (Wildman–Crippen LogP) is 1.37. The number of aliphatic hydroxyl groups excluding tert-OH is 1. The maximum absolute atomic E-state index is 10.7. The van der Waals surface area contributed by atoms with Crippen molar-refractivity contribution in [2.75, 3.05) is 20.1 Å². The van der Waals surface area contributed by atoms with Gasteiger partial charge in [-0.25, -0.2) is 4.79 Å². The molecule has 2 atom stereocenters. The summed E-state index contributed by atoms with van der Waals surface area (Å²) in [4.78, 5) is 12.9. The molecule has 1 aliphatic rings.